The maximum absolute atomic E-state index is 10.8. The lowest BCUT2D eigenvalue weighted by Gasteiger charge is -2.23. The van der Waals surface area contributed by atoms with Crippen LogP contribution in [0, 0.1) is 0 Å². The van der Waals surface area contributed by atoms with Crippen molar-refractivity contribution in [3.8, 4) is 0 Å². The monoisotopic (exact) mass is 230 g/mol. The number of carbonyl (C=O) groups is 1. The van der Waals surface area contributed by atoms with E-state index < -0.39 is 11.5 Å². The predicted molar refractivity (Wildman–Crippen MR) is 66.5 cm³/mol. The average molecular weight is 230 g/mol. The normalized spacial score (nSPS) is 15.1. The van der Waals surface area contributed by atoms with Gasteiger partial charge in [0.05, 0.1) is 0 Å². The topological polar surface area (TPSA) is 66.6 Å². The van der Waals surface area contributed by atoms with Crippen molar-refractivity contribution in [1.29, 1.82) is 0 Å². The van der Waals surface area contributed by atoms with Crippen LogP contribution in [-0.4, -0.2) is 41.1 Å². The van der Waals surface area contributed by atoms with Crippen molar-refractivity contribution in [2.75, 3.05) is 19.6 Å². The van der Waals surface area contributed by atoms with Crippen LogP contribution in [0.25, 0.3) is 0 Å². The van der Waals surface area contributed by atoms with Gasteiger partial charge in [0.25, 0.3) is 0 Å². The molecule has 0 fully saturated rings. The third-order valence-electron chi connectivity index (χ3n) is 2.93. The van der Waals surface area contributed by atoms with Crippen LogP contribution in [0.4, 0.5) is 0 Å². The third kappa shape index (κ3) is 6.08. The van der Waals surface area contributed by atoms with E-state index in [1.165, 1.54) is 12.8 Å². The molecule has 0 bridgehead atoms. The Hall–Kier alpha value is -0.610. The lowest BCUT2D eigenvalue weighted by molar-refractivity contribution is -0.142. The van der Waals surface area contributed by atoms with Crippen molar-refractivity contribution in [2.24, 2.45) is 5.73 Å². The smallest absolute Gasteiger partial charge is 0.323 e. The van der Waals surface area contributed by atoms with Crippen LogP contribution in [-0.2, 0) is 4.79 Å². The first-order valence-electron chi connectivity index (χ1n) is 6.18. The third-order valence-corrected chi connectivity index (χ3v) is 2.93. The fourth-order valence-corrected chi connectivity index (χ4v) is 1.59. The zero-order valence-corrected chi connectivity index (χ0v) is 10.8. The molecule has 0 aromatic carbocycles. The zero-order valence-electron chi connectivity index (χ0n) is 10.8. The van der Waals surface area contributed by atoms with Gasteiger partial charge in [-0.05, 0) is 45.8 Å². The molecule has 4 nitrogen and oxygen atoms in total. The fraction of sp³-hybridized carbons (Fsp3) is 0.917. The summed E-state index contributed by atoms with van der Waals surface area (Å²) in [6, 6.07) is 0. The highest BCUT2D eigenvalue weighted by Gasteiger charge is 2.26. The van der Waals surface area contributed by atoms with Gasteiger partial charge < -0.3 is 15.7 Å². The molecule has 0 aliphatic rings. The highest BCUT2D eigenvalue weighted by atomic mass is 16.4. The summed E-state index contributed by atoms with van der Waals surface area (Å²) in [5.74, 6) is -0.913. The summed E-state index contributed by atoms with van der Waals surface area (Å²) >= 11 is 0. The van der Waals surface area contributed by atoms with Gasteiger partial charge in [0.15, 0.2) is 0 Å². The van der Waals surface area contributed by atoms with E-state index in [0.717, 1.165) is 26.1 Å². The van der Waals surface area contributed by atoms with Crippen LogP contribution in [0.2, 0.25) is 0 Å². The highest BCUT2D eigenvalue weighted by Crippen LogP contribution is 2.10. The molecule has 1 unspecified atom stereocenters. The van der Waals surface area contributed by atoms with Crippen molar-refractivity contribution >= 4 is 5.97 Å². The summed E-state index contributed by atoms with van der Waals surface area (Å²) in [7, 11) is 0. The van der Waals surface area contributed by atoms with Gasteiger partial charge in [0, 0.05) is 0 Å². The molecule has 0 aromatic heterocycles. The molecule has 0 saturated heterocycles. The molecule has 0 spiro atoms. The van der Waals surface area contributed by atoms with E-state index in [2.05, 4.69) is 18.7 Å². The van der Waals surface area contributed by atoms with E-state index in [0.29, 0.717) is 6.42 Å². The molecule has 96 valence electrons. The largest absolute Gasteiger partial charge is 0.480 e. The van der Waals surface area contributed by atoms with Gasteiger partial charge in [-0.15, -0.1) is 0 Å². The Bertz CT molecular complexity index is 205. The molecular formula is C12H26N2O2. The quantitative estimate of drug-likeness (QED) is 0.632. The second-order valence-electron chi connectivity index (χ2n) is 4.61. The second kappa shape index (κ2) is 7.63. The summed E-state index contributed by atoms with van der Waals surface area (Å²) in [5.41, 5.74) is 4.59. The van der Waals surface area contributed by atoms with E-state index >= 15 is 0 Å². The lowest BCUT2D eigenvalue weighted by Crippen LogP contribution is -2.45. The predicted octanol–water partition coefficient (Wildman–Crippen LogP) is 1.69. The van der Waals surface area contributed by atoms with Gasteiger partial charge in [0.2, 0.25) is 0 Å². The Kier molecular flexibility index (Phi) is 7.34. The molecule has 0 heterocycles. The molecule has 0 saturated carbocycles. The summed E-state index contributed by atoms with van der Waals surface area (Å²) in [4.78, 5) is 13.1. The summed E-state index contributed by atoms with van der Waals surface area (Å²) in [6.45, 7) is 8.95. The van der Waals surface area contributed by atoms with Crippen LogP contribution < -0.4 is 5.73 Å². The first kappa shape index (κ1) is 15.4. The van der Waals surface area contributed by atoms with Crippen molar-refractivity contribution in [3.05, 3.63) is 0 Å². The molecule has 4 heteroatoms. The number of unbranched alkanes of at least 4 members (excludes halogenated alkanes) is 1. The van der Waals surface area contributed by atoms with E-state index in [1.54, 1.807) is 6.92 Å². The average Bonchev–Trinajstić information content (AvgIpc) is 2.22. The van der Waals surface area contributed by atoms with E-state index in [9.17, 15) is 4.79 Å². The van der Waals surface area contributed by atoms with Gasteiger partial charge in [-0.3, -0.25) is 4.79 Å². The van der Waals surface area contributed by atoms with Gasteiger partial charge in [-0.2, -0.15) is 0 Å². The molecule has 0 rings (SSSR count). The minimum absolute atomic E-state index is 0.533. The van der Waals surface area contributed by atoms with Gasteiger partial charge in [-0.25, -0.2) is 0 Å². The Morgan fingerprint density at radius 3 is 2.31 bits per heavy atom. The Morgan fingerprint density at radius 2 is 1.88 bits per heavy atom. The Balaban J connectivity index is 3.81. The van der Waals surface area contributed by atoms with Gasteiger partial charge in [-0.1, -0.05) is 20.3 Å². The van der Waals surface area contributed by atoms with Gasteiger partial charge >= 0.3 is 5.97 Å². The summed E-state index contributed by atoms with van der Waals surface area (Å²) in [6.07, 6.45) is 3.77. The zero-order chi connectivity index (χ0) is 12.6. The molecule has 1 atom stereocenters. The first-order chi connectivity index (χ1) is 7.44. The molecule has 16 heavy (non-hydrogen) atoms. The second-order valence-corrected chi connectivity index (χ2v) is 4.61. The number of carboxylic acids is 1. The summed E-state index contributed by atoms with van der Waals surface area (Å²) in [5, 5.41) is 8.87. The molecule has 0 aromatic rings. The SMILES string of the molecule is CCCCN(CC)CCCC(C)(N)C(=O)O. The minimum atomic E-state index is -1.08. The number of nitrogens with two attached hydrogens (primary N) is 1. The van der Waals surface area contributed by atoms with Crippen molar-refractivity contribution < 1.29 is 9.90 Å². The maximum atomic E-state index is 10.8. The van der Waals surface area contributed by atoms with Crippen molar-refractivity contribution in [3.63, 3.8) is 0 Å². The van der Waals surface area contributed by atoms with E-state index in [4.69, 9.17) is 10.8 Å². The van der Waals surface area contributed by atoms with Crippen molar-refractivity contribution in [2.45, 2.75) is 52.0 Å². The molecular weight excluding hydrogens is 204 g/mol. The van der Waals surface area contributed by atoms with Crippen LogP contribution in [0.15, 0.2) is 0 Å². The number of carboxylic acid groups (broad SMARTS) is 1. The van der Waals surface area contributed by atoms with Crippen LogP contribution in [0.3, 0.4) is 0 Å². The molecule has 3 N–H and O–H groups in total. The Morgan fingerprint density at radius 1 is 1.31 bits per heavy atom. The number of hydrogen-bond donors (Lipinski definition) is 2. The first-order valence-corrected chi connectivity index (χ1v) is 6.18. The molecule has 0 amide bonds. The summed E-state index contributed by atoms with van der Waals surface area (Å²) < 4.78 is 0. The number of nitrogens with zero attached hydrogens (tertiary/aromatic N) is 1. The van der Waals surface area contributed by atoms with Crippen LogP contribution in [0.1, 0.15) is 46.5 Å². The van der Waals surface area contributed by atoms with E-state index in [1.807, 2.05) is 0 Å². The number of aliphatic carboxylic acids is 1. The van der Waals surface area contributed by atoms with Crippen LogP contribution >= 0.6 is 0 Å². The molecule has 0 radical (unpaired) electrons. The molecule has 0 aliphatic carbocycles. The lowest BCUT2D eigenvalue weighted by atomic mass is 9.97. The minimum Gasteiger partial charge on any atom is -0.480 e. The fourth-order valence-electron chi connectivity index (χ4n) is 1.59. The van der Waals surface area contributed by atoms with Crippen molar-refractivity contribution in [1.82, 2.24) is 4.90 Å². The Labute approximate surface area is 98.8 Å². The molecule has 0 aliphatic heterocycles. The maximum Gasteiger partial charge on any atom is 0.323 e. The highest BCUT2D eigenvalue weighted by molar-refractivity contribution is 5.77. The number of hydrogen-bond acceptors (Lipinski definition) is 3. The van der Waals surface area contributed by atoms with E-state index in [-0.39, 0.29) is 0 Å². The van der Waals surface area contributed by atoms with Gasteiger partial charge in [0.1, 0.15) is 5.54 Å². The standard InChI is InChI=1S/C12H26N2O2/c1-4-6-9-14(5-2)10-7-8-12(3,13)11(15)16/h4-10,13H2,1-3H3,(H,15,16). The number of rotatable bonds is 9. The van der Waals surface area contributed by atoms with Crippen LogP contribution in [0.5, 0.6) is 0 Å².